The number of carbonyl (C=O) groups excluding carboxylic acids is 1. The molecule has 1 amide bonds. The Morgan fingerprint density at radius 1 is 1.03 bits per heavy atom. The number of guanidine groups is 1. The Morgan fingerprint density at radius 3 is 2.33 bits per heavy atom. The van der Waals surface area contributed by atoms with E-state index in [1.807, 2.05) is 48.5 Å². The largest absolute Gasteiger partial charge is 0.497 e. The van der Waals surface area contributed by atoms with Gasteiger partial charge < -0.3 is 20.7 Å². The molecule has 0 aromatic heterocycles. The first-order chi connectivity index (χ1) is 14.2. The molecule has 0 heterocycles. The normalized spacial score (nSPS) is 14.0. The number of benzene rings is 2. The number of anilines is 1. The smallest absolute Gasteiger partial charge is 0.227 e. The molecule has 0 atom stereocenters. The number of ether oxygens (including phenoxy) is 1. The fraction of sp³-hybridized carbons (Fsp3) is 0.391. The summed E-state index contributed by atoms with van der Waals surface area (Å²) in [5.41, 5.74) is 3.08. The SMILES string of the molecule is CN=C(NCc1ccc(OC)cc1)NCc1cccc(NC(=O)C2CCCC2)c1.I. The molecule has 0 unspecified atom stereocenters. The van der Waals surface area contributed by atoms with E-state index in [1.165, 1.54) is 0 Å². The molecule has 30 heavy (non-hydrogen) atoms. The van der Waals surface area contributed by atoms with Crippen molar-refractivity contribution in [2.45, 2.75) is 38.8 Å². The molecule has 1 saturated carbocycles. The van der Waals surface area contributed by atoms with Gasteiger partial charge in [-0.1, -0.05) is 37.1 Å². The quantitative estimate of drug-likeness (QED) is 0.288. The molecule has 0 bridgehead atoms. The maximum absolute atomic E-state index is 12.3. The molecule has 162 valence electrons. The van der Waals surface area contributed by atoms with Crippen LogP contribution >= 0.6 is 24.0 Å². The molecule has 6 nitrogen and oxygen atoms in total. The molecule has 1 fully saturated rings. The van der Waals surface area contributed by atoms with Gasteiger partial charge in [-0.3, -0.25) is 9.79 Å². The molecule has 1 aliphatic carbocycles. The van der Waals surface area contributed by atoms with E-state index in [1.54, 1.807) is 14.2 Å². The second-order valence-electron chi connectivity index (χ2n) is 7.30. The van der Waals surface area contributed by atoms with Gasteiger partial charge in [0.15, 0.2) is 5.96 Å². The highest BCUT2D eigenvalue weighted by atomic mass is 127. The fourth-order valence-electron chi connectivity index (χ4n) is 3.53. The van der Waals surface area contributed by atoms with Gasteiger partial charge in [0.25, 0.3) is 0 Å². The molecule has 0 saturated heterocycles. The summed E-state index contributed by atoms with van der Waals surface area (Å²) in [6.07, 6.45) is 4.32. The van der Waals surface area contributed by atoms with Crippen LogP contribution in [0, 0.1) is 5.92 Å². The monoisotopic (exact) mass is 522 g/mol. The van der Waals surface area contributed by atoms with Crippen LogP contribution in [0.5, 0.6) is 5.75 Å². The second kappa shape index (κ2) is 12.4. The molecular formula is C23H31IN4O2. The minimum Gasteiger partial charge on any atom is -0.497 e. The van der Waals surface area contributed by atoms with E-state index >= 15 is 0 Å². The lowest BCUT2D eigenvalue weighted by Crippen LogP contribution is -2.36. The number of hydrogen-bond acceptors (Lipinski definition) is 3. The fourth-order valence-corrected chi connectivity index (χ4v) is 3.53. The van der Waals surface area contributed by atoms with Crippen molar-refractivity contribution >= 4 is 41.5 Å². The zero-order chi connectivity index (χ0) is 20.5. The standard InChI is InChI=1S/C23H30N4O2.HI/c1-24-23(25-15-17-10-12-21(29-2)13-11-17)26-16-18-6-5-9-20(14-18)27-22(28)19-7-3-4-8-19;/h5-6,9-14,19H,3-4,7-8,15-16H2,1-2H3,(H,27,28)(H2,24,25,26);1H. The lowest BCUT2D eigenvalue weighted by Gasteiger charge is -2.14. The van der Waals surface area contributed by atoms with Crippen molar-refractivity contribution in [3.63, 3.8) is 0 Å². The van der Waals surface area contributed by atoms with Crippen molar-refractivity contribution in [3.8, 4) is 5.75 Å². The van der Waals surface area contributed by atoms with E-state index < -0.39 is 0 Å². The van der Waals surface area contributed by atoms with Gasteiger partial charge in [0.05, 0.1) is 7.11 Å². The lowest BCUT2D eigenvalue weighted by molar-refractivity contribution is -0.119. The Bertz CT molecular complexity index is 833. The number of methoxy groups -OCH3 is 1. The summed E-state index contributed by atoms with van der Waals surface area (Å²) in [4.78, 5) is 16.6. The number of halogens is 1. The van der Waals surface area contributed by atoms with Gasteiger partial charge in [-0.2, -0.15) is 0 Å². The Balaban J connectivity index is 0.00000320. The Kier molecular flexibility index (Phi) is 9.93. The summed E-state index contributed by atoms with van der Waals surface area (Å²) < 4.78 is 5.18. The van der Waals surface area contributed by atoms with Crippen LogP contribution in [0.15, 0.2) is 53.5 Å². The first-order valence-corrected chi connectivity index (χ1v) is 10.1. The average Bonchev–Trinajstić information content (AvgIpc) is 3.30. The van der Waals surface area contributed by atoms with Gasteiger partial charge in [0.2, 0.25) is 5.91 Å². The van der Waals surface area contributed by atoms with Crippen molar-refractivity contribution in [3.05, 3.63) is 59.7 Å². The summed E-state index contributed by atoms with van der Waals surface area (Å²) in [6.45, 7) is 1.29. The van der Waals surface area contributed by atoms with E-state index in [-0.39, 0.29) is 35.8 Å². The van der Waals surface area contributed by atoms with Gasteiger partial charge >= 0.3 is 0 Å². The molecule has 0 aliphatic heterocycles. The van der Waals surface area contributed by atoms with E-state index in [2.05, 4.69) is 20.9 Å². The summed E-state index contributed by atoms with van der Waals surface area (Å²) >= 11 is 0. The third-order valence-electron chi connectivity index (χ3n) is 5.22. The third kappa shape index (κ3) is 7.19. The van der Waals surface area contributed by atoms with E-state index in [9.17, 15) is 4.79 Å². The van der Waals surface area contributed by atoms with Gasteiger partial charge in [-0.15, -0.1) is 24.0 Å². The van der Waals surface area contributed by atoms with Crippen molar-refractivity contribution in [1.29, 1.82) is 0 Å². The van der Waals surface area contributed by atoms with Crippen LogP contribution in [0.1, 0.15) is 36.8 Å². The number of rotatable bonds is 7. The van der Waals surface area contributed by atoms with Crippen LogP contribution in [-0.2, 0) is 17.9 Å². The summed E-state index contributed by atoms with van der Waals surface area (Å²) in [7, 11) is 3.41. The van der Waals surface area contributed by atoms with Gasteiger partial charge in [0, 0.05) is 31.7 Å². The van der Waals surface area contributed by atoms with Crippen LogP contribution in [0.3, 0.4) is 0 Å². The van der Waals surface area contributed by atoms with Crippen molar-refractivity contribution in [2.75, 3.05) is 19.5 Å². The predicted octanol–water partition coefficient (Wildman–Crippen LogP) is 4.31. The average molecular weight is 522 g/mol. The van der Waals surface area contributed by atoms with Crippen LogP contribution < -0.4 is 20.7 Å². The molecule has 0 radical (unpaired) electrons. The van der Waals surface area contributed by atoms with E-state index in [0.29, 0.717) is 13.1 Å². The molecule has 3 N–H and O–H groups in total. The van der Waals surface area contributed by atoms with Crippen LogP contribution in [-0.4, -0.2) is 26.0 Å². The maximum Gasteiger partial charge on any atom is 0.227 e. The van der Waals surface area contributed by atoms with E-state index in [4.69, 9.17) is 4.74 Å². The zero-order valence-electron chi connectivity index (χ0n) is 17.6. The number of amides is 1. The summed E-state index contributed by atoms with van der Waals surface area (Å²) in [5, 5.41) is 9.68. The molecular weight excluding hydrogens is 491 g/mol. The zero-order valence-corrected chi connectivity index (χ0v) is 19.9. The van der Waals surface area contributed by atoms with Gasteiger partial charge in [-0.25, -0.2) is 0 Å². The highest BCUT2D eigenvalue weighted by Gasteiger charge is 2.22. The topological polar surface area (TPSA) is 74.8 Å². The number of carbonyl (C=O) groups is 1. The van der Waals surface area contributed by atoms with Crippen LogP contribution in [0.4, 0.5) is 5.69 Å². The predicted molar refractivity (Wildman–Crippen MR) is 132 cm³/mol. The van der Waals surface area contributed by atoms with Crippen LogP contribution in [0.2, 0.25) is 0 Å². The van der Waals surface area contributed by atoms with Crippen molar-refractivity contribution in [1.82, 2.24) is 10.6 Å². The number of nitrogens with zero attached hydrogens (tertiary/aromatic N) is 1. The number of nitrogens with one attached hydrogen (secondary N) is 3. The highest BCUT2D eigenvalue weighted by Crippen LogP contribution is 2.26. The lowest BCUT2D eigenvalue weighted by atomic mass is 10.1. The molecule has 0 spiro atoms. The Hall–Kier alpha value is -2.29. The maximum atomic E-state index is 12.3. The van der Waals surface area contributed by atoms with Gasteiger partial charge in [-0.05, 0) is 48.2 Å². The van der Waals surface area contributed by atoms with Crippen molar-refractivity contribution < 1.29 is 9.53 Å². The minimum atomic E-state index is 0. The van der Waals surface area contributed by atoms with Crippen molar-refractivity contribution in [2.24, 2.45) is 10.9 Å². The Morgan fingerprint density at radius 2 is 1.70 bits per heavy atom. The summed E-state index contributed by atoms with van der Waals surface area (Å²) in [5.74, 6) is 1.87. The molecule has 7 heteroatoms. The number of hydrogen-bond donors (Lipinski definition) is 3. The second-order valence-corrected chi connectivity index (χ2v) is 7.30. The summed E-state index contributed by atoms with van der Waals surface area (Å²) in [6, 6.07) is 15.9. The first kappa shape index (κ1) is 24.0. The van der Waals surface area contributed by atoms with Crippen LogP contribution in [0.25, 0.3) is 0 Å². The molecule has 3 rings (SSSR count). The minimum absolute atomic E-state index is 0. The molecule has 1 aliphatic rings. The van der Waals surface area contributed by atoms with Gasteiger partial charge in [0.1, 0.15) is 5.75 Å². The molecule has 2 aromatic rings. The highest BCUT2D eigenvalue weighted by molar-refractivity contribution is 14.0. The number of aliphatic imine (C=N–C) groups is 1. The Labute approximate surface area is 195 Å². The van der Waals surface area contributed by atoms with E-state index in [0.717, 1.165) is 54.2 Å². The molecule has 2 aromatic carbocycles. The third-order valence-corrected chi connectivity index (χ3v) is 5.22. The first-order valence-electron chi connectivity index (χ1n) is 10.1.